The minimum absolute atomic E-state index is 0.864. The van der Waals surface area contributed by atoms with Gasteiger partial charge in [-0.25, -0.2) is 5.32 Å². The highest BCUT2D eigenvalue weighted by Crippen LogP contribution is 2.13. The third-order valence-corrected chi connectivity index (χ3v) is 2.17. The molecule has 0 amide bonds. The van der Waals surface area contributed by atoms with Crippen molar-refractivity contribution in [3.05, 3.63) is 12.2 Å². The van der Waals surface area contributed by atoms with E-state index in [1.807, 2.05) is 0 Å². The Labute approximate surface area is 69.9 Å². The Bertz CT molecular complexity index is 112. The zero-order valence-electron chi connectivity index (χ0n) is 7.42. The number of hydrogen-bond acceptors (Lipinski definition) is 0. The van der Waals surface area contributed by atoms with Crippen LogP contribution < -0.4 is 5.32 Å². The first kappa shape index (κ1) is 8.79. The fourth-order valence-corrected chi connectivity index (χ4v) is 1.40. The lowest BCUT2D eigenvalue weighted by Crippen LogP contribution is -2.00. The summed E-state index contributed by atoms with van der Waals surface area (Å²) in [7, 11) is 0. The molecule has 1 nitrogen and oxygen atoms in total. The van der Waals surface area contributed by atoms with Gasteiger partial charge in [0.2, 0.25) is 0 Å². The molecule has 1 heteroatoms. The number of unbranched alkanes of at least 4 members (excludes halogenated alkanes) is 1. The van der Waals surface area contributed by atoms with Crippen LogP contribution in [0.15, 0.2) is 12.2 Å². The minimum atomic E-state index is 0.864. The molecule has 1 atom stereocenters. The Kier molecular flexibility index (Phi) is 4.29. The van der Waals surface area contributed by atoms with Gasteiger partial charge in [0.05, 0.1) is 0 Å². The molecule has 1 saturated heterocycles. The third kappa shape index (κ3) is 3.57. The van der Waals surface area contributed by atoms with Crippen LogP contribution in [-0.2, 0) is 0 Å². The molecule has 0 aromatic carbocycles. The first-order chi connectivity index (χ1) is 5.43. The fraction of sp³-hybridized carbons (Fsp3) is 0.800. The Hall–Kier alpha value is -0.300. The van der Waals surface area contributed by atoms with Gasteiger partial charge in [-0.05, 0) is 25.2 Å². The van der Waals surface area contributed by atoms with Crippen molar-refractivity contribution in [1.29, 1.82) is 0 Å². The van der Waals surface area contributed by atoms with Crippen molar-refractivity contribution in [3.63, 3.8) is 0 Å². The molecule has 0 aromatic heterocycles. The van der Waals surface area contributed by atoms with Crippen LogP contribution in [0.3, 0.4) is 0 Å². The van der Waals surface area contributed by atoms with Crippen LogP contribution in [-0.4, -0.2) is 13.1 Å². The molecule has 1 fully saturated rings. The lowest BCUT2D eigenvalue weighted by atomic mass is 10.0. The van der Waals surface area contributed by atoms with E-state index < -0.39 is 0 Å². The van der Waals surface area contributed by atoms with Crippen LogP contribution in [0.5, 0.6) is 0 Å². The number of rotatable bonds is 4. The molecule has 1 radical (unpaired) electrons. The van der Waals surface area contributed by atoms with E-state index in [0.717, 1.165) is 19.0 Å². The lowest BCUT2D eigenvalue weighted by molar-refractivity contribution is 0.590. The second-order valence-electron chi connectivity index (χ2n) is 3.28. The van der Waals surface area contributed by atoms with Gasteiger partial charge in [0, 0.05) is 13.1 Å². The summed E-state index contributed by atoms with van der Waals surface area (Å²) in [6, 6.07) is 0. The summed E-state index contributed by atoms with van der Waals surface area (Å²) in [5.74, 6) is 0.864. The van der Waals surface area contributed by atoms with E-state index in [9.17, 15) is 0 Å². The predicted octanol–water partition coefficient (Wildman–Crippen LogP) is 2.36. The second-order valence-corrected chi connectivity index (χ2v) is 3.28. The number of hydrogen-bond donors (Lipinski definition) is 0. The number of allylic oxidation sites excluding steroid dienone is 2. The molecular weight excluding hydrogens is 134 g/mol. The highest BCUT2D eigenvalue weighted by Gasteiger charge is 2.12. The Balaban J connectivity index is 2.01. The summed E-state index contributed by atoms with van der Waals surface area (Å²) < 4.78 is 0. The number of nitrogens with zero attached hydrogens (tertiary/aromatic N) is 1. The van der Waals surface area contributed by atoms with Crippen LogP contribution >= 0.6 is 0 Å². The third-order valence-electron chi connectivity index (χ3n) is 2.17. The second kappa shape index (κ2) is 5.36. The molecule has 0 aromatic rings. The molecule has 0 aliphatic carbocycles. The largest absolute Gasteiger partial charge is 0.241 e. The van der Waals surface area contributed by atoms with Crippen molar-refractivity contribution in [2.24, 2.45) is 5.92 Å². The average molecular weight is 152 g/mol. The molecular formula is C10H18N. The molecule has 0 spiro atoms. The van der Waals surface area contributed by atoms with Crippen LogP contribution in [0.25, 0.3) is 0 Å². The topological polar surface area (TPSA) is 14.1 Å². The fourth-order valence-electron chi connectivity index (χ4n) is 1.40. The molecule has 1 rings (SSSR count). The summed E-state index contributed by atoms with van der Waals surface area (Å²) in [6.45, 7) is 4.43. The molecule has 63 valence electrons. The maximum absolute atomic E-state index is 4.33. The van der Waals surface area contributed by atoms with Gasteiger partial charge in [-0.1, -0.05) is 25.5 Å². The van der Waals surface area contributed by atoms with E-state index in [1.165, 1.54) is 25.7 Å². The predicted molar refractivity (Wildman–Crippen MR) is 48.6 cm³/mol. The summed E-state index contributed by atoms with van der Waals surface area (Å²) in [4.78, 5) is 0. The van der Waals surface area contributed by atoms with Gasteiger partial charge in [-0.2, -0.15) is 0 Å². The molecule has 0 N–H and O–H groups in total. The molecule has 0 bridgehead atoms. The molecule has 0 saturated carbocycles. The highest BCUT2D eigenvalue weighted by atomic mass is 14.9. The van der Waals surface area contributed by atoms with E-state index in [0.29, 0.717) is 0 Å². The smallest absolute Gasteiger partial charge is 0.0165 e. The van der Waals surface area contributed by atoms with Gasteiger partial charge >= 0.3 is 0 Å². The first-order valence-electron chi connectivity index (χ1n) is 4.71. The minimum Gasteiger partial charge on any atom is -0.241 e. The van der Waals surface area contributed by atoms with Crippen molar-refractivity contribution >= 4 is 0 Å². The van der Waals surface area contributed by atoms with E-state index in [4.69, 9.17) is 0 Å². The van der Waals surface area contributed by atoms with Crippen molar-refractivity contribution in [3.8, 4) is 0 Å². The summed E-state index contributed by atoms with van der Waals surface area (Å²) in [6.07, 6.45) is 9.71. The van der Waals surface area contributed by atoms with Crippen molar-refractivity contribution < 1.29 is 0 Å². The quantitative estimate of drug-likeness (QED) is 0.549. The van der Waals surface area contributed by atoms with Gasteiger partial charge in [-0.3, -0.25) is 0 Å². The normalized spacial score (nSPS) is 25.0. The van der Waals surface area contributed by atoms with Crippen molar-refractivity contribution in [2.75, 3.05) is 13.1 Å². The summed E-state index contributed by atoms with van der Waals surface area (Å²) in [5, 5.41) is 4.33. The van der Waals surface area contributed by atoms with E-state index in [1.54, 1.807) is 0 Å². The SMILES string of the molecule is CCC/C=C/CC1CC[N]C1. The lowest BCUT2D eigenvalue weighted by Gasteiger charge is -2.01. The Morgan fingerprint density at radius 1 is 1.45 bits per heavy atom. The van der Waals surface area contributed by atoms with E-state index in [2.05, 4.69) is 24.4 Å². The zero-order chi connectivity index (χ0) is 7.94. The summed E-state index contributed by atoms with van der Waals surface area (Å²) in [5.41, 5.74) is 0. The average Bonchev–Trinajstić information content (AvgIpc) is 2.50. The maximum atomic E-state index is 4.33. The van der Waals surface area contributed by atoms with Gasteiger partial charge in [0.15, 0.2) is 0 Å². The molecule has 1 unspecified atom stereocenters. The van der Waals surface area contributed by atoms with Crippen LogP contribution in [0.1, 0.15) is 32.6 Å². The van der Waals surface area contributed by atoms with Crippen LogP contribution in [0, 0.1) is 5.92 Å². The first-order valence-corrected chi connectivity index (χ1v) is 4.71. The monoisotopic (exact) mass is 152 g/mol. The van der Waals surface area contributed by atoms with Crippen LogP contribution in [0.4, 0.5) is 0 Å². The zero-order valence-corrected chi connectivity index (χ0v) is 7.42. The molecule has 11 heavy (non-hydrogen) atoms. The van der Waals surface area contributed by atoms with Crippen molar-refractivity contribution in [2.45, 2.75) is 32.6 Å². The van der Waals surface area contributed by atoms with E-state index >= 15 is 0 Å². The molecule has 1 aliphatic rings. The summed E-state index contributed by atoms with van der Waals surface area (Å²) >= 11 is 0. The van der Waals surface area contributed by atoms with Gasteiger partial charge in [0.1, 0.15) is 0 Å². The Morgan fingerprint density at radius 3 is 3.00 bits per heavy atom. The Morgan fingerprint density at radius 2 is 2.36 bits per heavy atom. The van der Waals surface area contributed by atoms with Gasteiger partial charge < -0.3 is 0 Å². The maximum Gasteiger partial charge on any atom is 0.0165 e. The van der Waals surface area contributed by atoms with Gasteiger partial charge in [0.25, 0.3) is 0 Å². The van der Waals surface area contributed by atoms with Crippen LogP contribution in [0.2, 0.25) is 0 Å². The molecule has 1 heterocycles. The standard InChI is InChI=1S/C10H18N/c1-2-3-4-5-6-10-7-8-11-9-10/h4-5,10H,2-3,6-9H2,1H3/b5-4+. The molecule has 1 aliphatic heterocycles. The van der Waals surface area contributed by atoms with Gasteiger partial charge in [-0.15, -0.1) is 0 Å². The van der Waals surface area contributed by atoms with Crippen molar-refractivity contribution in [1.82, 2.24) is 5.32 Å². The highest BCUT2D eigenvalue weighted by molar-refractivity contribution is 4.86. The van der Waals surface area contributed by atoms with E-state index in [-0.39, 0.29) is 0 Å².